The zero-order valence-electron chi connectivity index (χ0n) is 21.7. The predicted molar refractivity (Wildman–Crippen MR) is 134 cm³/mol. The van der Waals surface area contributed by atoms with Crippen molar-refractivity contribution in [3.63, 3.8) is 0 Å². The third kappa shape index (κ3) is 6.89. The lowest BCUT2D eigenvalue weighted by Crippen LogP contribution is -2.43. The molecule has 0 bridgehead atoms. The van der Waals surface area contributed by atoms with E-state index in [0.717, 1.165) is 32.4 Å². The van der Waals surface area contributed by atoms with Crippen LogP contribution in [0.25, 0.3) is 10.9 Å². The van der Waals surface area contributed by atoms with E-state index in [1.165, 1.54) is 22.2 Å². The van der Waals surface area contributed by atoms with Gasteiger partial charge in [0.15, 0.2) is 0 Å². The number of carbonyl (C=O) groups excluding carboxylic acids is 1. The van der Waals surface area contributed by atoms with E-state index in [1.54, 1.807) is 0 Å². The molecule has 0 N–H and O–H groups in total. The minimum absolute atomic E-state index is 0.0377. The number of aromatic nitrogens is 1. The molecule has 0 saturated carbocycles. The highest BCUT2D eigenvalue weighted by Crippen LogP contribution is 2.31. The topological polar surface area (TPSA) is 25.2 Å². The molecule has 1 saturated heterocycles. The third-order valence-electron chi connectivity index (χ3n) is 5.89. The van der Waals surface area contributed by atoms with Gasteiger partial charge in [0.2, 0.25) is 5.91 Å². The summed E-state index contributed by atoms with van der Waals surface area (Å²) in [6.07, 6.45) is 3.05. The zero-order valence-corrected chi connectivity index (χ0v) is 21.7. The van der Waals surface area contributed by atoms with E-state index in [4.69, 9.17) is 0 Å². The molecule has 1 aliphatic heterocycles. The second kappa shape index (κ2) is 13.5. The van der Waals surface area contributed by atoms with Crippen molar-refractivity contribution in [1.82, 2.24) is 9.47 Å². The van der Waals surface area contributed by atoms with Crippen LogP contribution >= 0.6 is 0 Å². The smallest absolute Gasteiger partial charge is 0.225 e. The monoisotopic (exact) mass is 416 g/mol. The summed E-state index contributed by atoms with van der Waals surface area (Å²) >= 11 is 0. The van der Waals surface area contributed by atoms with Gasteiger partial charge in [-0.05, 0) is 43.2 Å². The maximum absolute atomic E-state index is 12.9. The van der Waals surface area contributed by atoms with Crippen LogP contribution in [0.4, 0.5) is 0 Å². The normalized spacial score (nSPS) is 15.6. The molecule has 172 valence electrons. The van der Waals surface area contributed by atoms with E-state index in [0.29, 0.717) is 11.3 Å². The lowest BCUT2D eigenvalue weighted by molar-refractivity contribution is -0.137. The molecule has 3 rings (SSSR count). The summed E-state index contributed by atoms with van der Waals surface area (Å²) in [6.45, 7) is 22.7. The van der Waals surface area contributed by atoms with Crippen LogP contribution in [0, 0.1) is 18.3 Å². The molecule has 30 heavy (non-hydrogen) atoms. The van der Waals surface area contributed by atoms with Crippen molar-refractivity contribution in [3.8, 4) is 0 Å². The standard InChI is InChI=1S/C21H30N2O.3C2H6/c1-15(20(24)23-12-10-21(3,4)11-13-23)14-18-16(2)22(5)19-9-7-6-8-17(18)19;3*1-2/h6-9,15H,10-14H2,1-5H3;3*1-2H3. The fourth-order valence-electron chi connectivity index (χ4n) is 3.89. The number of aryl methyl sites for hydroxylation is 1. The Kier molecular flexibility index (Phi) is 12.7. The summed E-state index contributed by atoms with van der Waals surface area (Å²) in [5.74, 6) is 0.355. The van der Waals surface area contributed by atoms with Gasteiger partial charge in [0.1, 0.15) is 0 Å². The molecule has 1 aliphatic rings. The molecule has 2 heterocycles. The summed E-state index contributed by atoms with van der Waals surface area (Å²) in [5, 5.41) is 1.29. The Morgan fingerprint density at radius 3 is 2.03 bits per heavy atom. The highest BCUT2D eigenvalue weighted by atomic mass is 16.2. The van der Waals surface area contributed by atoms with Crippen LogP contribution in [0.1, 0.15) is 86.4 Å². The Balaban J connectivity index is 0.00000129. The molecular formula is C27H48N2O. The van der Waals surface area contributed by atoms with Crippen molar-refractivity contribution >= 4 is 16.8 Å². The number of para-hydroxylation sites is 1. The van der Waals surface area contributed by atoms with E-state index in [1.807, 2.05) is 41.5 Å². The number of piperidine rings is 1. The molecule has 1 fully saturated rings. The zero-order chi connectivity index (χ0) is 23.5. The number of rotatable bonds is 3. The summed E-state index contributed by atoms with van der Waals surface area (Å²) in [4.78, 5) is 15.0. The van der Waals surface area contributed by atoms with Gasteiger partial charge in [-0.3, -0.25) is 4.79 Å². The summed E-state index contributed by atoms with van der Waals surface area (Å²) in [7, 11) is 2.11. The average Bonchev–Trinajstić information content (AvgIpc) is 3.02. The first kappa shape index (κ1) is 28.2. The van der Waals surface area contributed by atoms with Crippen LogP contribution < -0.4 is 0 Å². The highest BCUT2D eigenvalue weighted by Gasteiger charge is 2.30. The number of nitrogens with zero attached hydrogens (tertiary/aromatic N) is 2. The van der Waals surface area contributed by atoms with Gasteiger partial charge in [-0.25, -0.2) is 0 Å². The predicted octanol–water partition coefficient (Wildman–Crippen LogP) is 7.39. The van der Waals surface area contributed by atoms with Gasteiger partial charge in [0.05, 0.1) is 0 Å². The number of carbonyl (C=O) groups is 1. The Morgan fingerprint density at radius 2 is 1.50 bits per heavy atom. The van der Waals surface area contributed by atoms with E-state index in [9.17, 15) is 4.79 Å². The molecular weight excluding hydrogens is 368 g/mol. The van der Waals surface area contributed by atoms with Crippen molar-refractivity contribution in [3.05, 3.63) is 35.5 Å². The molecule has 1 atom stereocenters. The van der Waals surface area contributed by atoms with Crippen molar-refractivity contribution in [2.24, 2.45) is 18.4 Å². The van der Waals surface area contributed by atoms with Gasteiger partial charge in [0, 0.05) is 42.7 Å². The average molecular weight is 417 g/mol. The fraction of sp³-hybridized carbons (Fsp3) is 0.667. The summed E-state index contributed by atoms with van der Waals surface area (Å²) in [5.41, 5.74) is 4.23. The minimum atomic E-state index is 0.0377. The molecule has 1 amide bonds. The van der Waals surface area contributed by atoms with Crippen LogP contribution in [-0.4, -0.2) is 28.5 Å². The Morgan fingerprint density at radius 1 is 1.00 bits per heavy atom. The van der Waals surface area contributed by atoms with Crippen molar-refractivity contribution in [2.45, 2.75) is 88.5 Å². The van der Waals surface area contributed by atoms with Gasteiger partial charge in [-0.2, -0.15) is 0 Å². The first-order valence-corrected chi connectivity index (χ1v) is 12.1. The second-order valence-electron chi connectivity index (χ2n) is 8.23. The van der Waals surface area contributed by atoms with E-state index in [-0.39, 0.29) is 5.92 Å². The van der Waals surface area contributed by atoms with Crippen LogP contribution in [0.3, 0.4) is 0 Å². The van der Waals surface area contributed by atoms with Crippen molar-refractivity contribution in [2.75, 3.05) is 13.1 Å². The molecule has 2 aromatic rings. The van der Waals surface area contributed by atoms with Gasteiger partial charge in [0.25, 0.3) is 0 Å². The largest absolute Gasteiger partial charge is 0.348 e. The summed E-state index contributed by atoms with van der Waals surface area (Å²) in [6, 6.07) is 8.50. The number of fused-ring (bicyclic) bond motifs is 1. The molecule has 1 unspecified atom stereocenters. The van der Waals surface area contributed by atoms with E-state index >= 15 is 0 Å². The van der Waals surface area contributed by atoms with Gasteiger partial charge >= 0.3 is 0 Å². The van der Waals surface area contributed by atoms with Crippen molar-refractivity contribution in [1.29, 1.82) is 0 Å². The lowest BCUT2D eigenvalue weighted by Gasteiger charge is -2.38. The molecule has 0 aliphatic carbocycles. The van der Waals surface area contributed by atoms with Crippen LogP contribution in [-0.2, 0) is 18.3 Å². The number of hydrogen-bond acceptors (Lipinski definition) is 1. The third-order valence-corrected chi connectivity index (χ3v) is 5.89. The van der Waals surface area contributed by atoms with Crippen LogP contribution in [0.15, 0.2) is 24.3 Å². The quantitative estimate of drug-likeness (QED) is 0.512. The number of amides is 1. The fourth-order valence-corrected chi connectivity index (χ4v) is 3.89. The number of likely N-dealkylation sites (tertiary alicyclic amines) is 1. The molecule has 1 aromatic heterocycles. The van der Waals surface area contributed by atoms with Crippen molar-refractivity contribution < 1.29 is 4.79 Å². The Bertz CT molecular complexity index is 748. The first-order valence-electron chi connectivity index (χ1n) is 12.1. The van der Waals surface area contributed by atoms with E-state index < -0.39 is 0 Å². The minimum Gasteiger partial charge on any atom is -0.348 e. The Hall–Kier alpha value is -1.77. The maximum Gasteiger partial charge on any atom is 0.225 e. The highest BCUT2D eigenvalue weighted by molar-refractivity contribution is 5.86. The Labute approximate surface area is 186 Å². The number of hydrogen-bond donors (Lipinski definition) is 0. The molecule has 0 spiro atoms. The van der Waals surface area contributed by atoms with Gasteiger partial charge in [-0.1, -0.05) is 80.5 Å². The molecule has 0 radical (unpaired) electrons. The SMILES string of the molecule is CC.CC.CC.Cc1c(CC(C)C(=O)N2CCC(C)(C)CC2)c2ccccc2n1C. The summed E-state index contributed by atoms with van der Waals surface area (Å²) < 4.78 is 2.24. The molecule has 3 heteroatoms. The van der Waals surface area contributed by atoms with E-state index in [2.05, 4.69) is 68.5 Å². The molecule has 1 aromatic carbocycles. The second-order valence-corrected chi connectivity index (χ2v) is 8.23. The maximum atomic E-state index is 12.9. The van der Waals surface area contributed by atoms with Gasteiger partial charge in [-0.15, -0.1) is 0 Å². The molecule has 3 nitrogen and oxygen atoms in total. The van der Waals surface area contributed by atoms with Crippen LogP contribution in [0.2, 0.25) is 0 Å². The first-order chi connectivity index (χ1) is 14.3. The lowest BCUT2D eigenvalue weighted by atomic mass is 9.82. The number of benzene rings is 1. The van der Waals surface area contributed by atoms with Crippen LogP contribution in [0.5, 0.6) is 0 Å². The van der Waals surface area contributed by atoms with Gasteiger partial charge < -0.3 is 9.47 Å².